The second kappa shape index (κ2) is 10.1. The van der Waals surface area contributed by atoms with Gasteiger partial charge in [-0.15, -0.1) is 0 Å². The molecule has 1 aliphatic rings. The van der Waals surface area contributed by atoms with Crippen molar-refractivity contribution in [1.29, 1.82) is 5.26 Å². The number of rotatable bonds is 8. The van der Waals surface area contributed by atoms with E-state index in [9.17, 15) is 28.6 Å². The van der Waals surface area contributed by atoms with Crippen LogP contribution in [0.5, 0.6) is 0 Å². The van der Waals surface area contributed by atoms with Crippen LogP contribution in [0.4, 0.5) is 5.69 Å². The lowest BCUT2D eigenvalue weighted by Gasteiger charge is -2.32. The summed E-state index contributed by atoms with van der Waals surface area (Å²) in [5, 5.41) is 21.1. The number of nitrogens with one attached hydrogen (secondary N) is 2. The van der Waals surface area contributed by atoms with E-state index in [1.54, 1.807) is 53.4 Å². The van der Waals surface area contributed by atoms with E-state index in [1.165, 1.54) is 23.1 Å². The molecule has 2 aromatic heterocycles. The van der Waals surface area contributed by atoms with Crippen molar-refractivity contribution in [2.45, 2.75) is 36.9 Å². The van der Waals surface area contributed by atoms with E-state index in [4.69, 9.17) is 0 Å². The number of hydrogen-bond donors (Lipinski definition) is 2. The van der Waals surface area contributed by atoms with E-state index in [0.29, 0.717) is 35.1 Å². The number of fused-ring (bicyclic) bond motifs is 2. The molecule has 1 unspecified atom stereocenters. The first-order chi connectivity index (χ1) is 18.3. The summed E-state index contributed by atoms with van der Waals surface area (Å²) in [5.74, 6) is -0.433. The number of nitro groups is 1. The summed E-state index contributed by atoms with van der Waals surface area (Å²) in [5.41, 5.74) is 2.56. The topological polar surface area (TPSA) is 154 Å². The zero-order valence-corrected chi connectivity index (χ0v) is 21.0. The number of sulfonamides is 1. The molecule has 11 nitrogen and oxygen atoms in total. The first kappa shape index (κ1) is 25.2. The molecule has 0 radical (unpaired) electrons. The summed E-state index contributed by atoms with van der Waals surface area (Å²) in [4.78, 5) is 29.1. The zero-order valence-electron chi connectivity index (χ0n) is 20.2. The van der Waals surface area contributed by atoms with Gasteiger partial charge in [0, 0.05) is 55.1 Å². The molecule has 0 aliphatic carbocycles. The normalized spacial score (nSPS) is 14.1. The Morgan fingerprint density at radius 3 is 2.82 bits per heavy atom. The fourth-order valence-electron chi connectivity index (χ4n) is 4.82. The standard InChI is InChI=1S/C26H24N6O5S/c27-16-21-3-2-12-30(21)14-10-24(29-38(36,37)25-5-1-4-23-22(25)8-11-28-23)26(33)31-13-9-18-6-7-20(32(34)35)15-19(18)17-31/h1-8,11-12,15,24,28-29H,9-10,13-14,17H2. The molecule has 4 aromatic rings. The molecule has 194 valence electrons. The number of non-ortho nitro benzene ring substituents is 1. The maximum absolute atomic E-state index is 13.7. The number of nitriles is 1. The molecule has 0 saturated carbocycles. The van der Waals surface area contributed by atoms with Crippen LogP contribution in [0, 0.1) is 21.4 Å². The summed E-state index contributed by atoms with van der Waals surface area (Å²) in [6, 6.07) is 15.4. The Bertz CT molecular complexity index is 1680. The van der Waals surface area contributed by atoms with Gasteiger partial charge < -0.3 is 14.5 Å². The Morgan fingerprint density at radius 2 is 2.03 bits per heavy atom. The fourth-order valence-corrected chi connectivity index (χ4v) is 6.26. The van der Waals surface area contributed by atoms with Gasteiger partial charge in [0.05, 0.1) is 9.82 Å². The highest BCUT2D eigenvalue weighted by atomic mass is 32.2. The molecule has 5 rings (SSSR count). The van der Waals surface area contributed by atoms with Gasteiger partial charge in [0.25, 0.3) is 5.69 Å². The number of H-pyrrole nitrogens is 1. The first-order valence-corrected chi connectivity index (χ1v) is 13.4. The summed E-state index contributed by atoms with van der Waals surface area (Å²) < 4.78 is 31.3. The Kier molecular flexibility index (Phi) is 6.71. The number of nitro benzene ring substituents is 1. The second-order valence-corrected chi connectivity index (χ2v) is 10.8. The quantitative estimate of drug-likeness (QED) is 0.263. The Balaban J connectivity index is 1.44. The molecule has 0 fully saturated rings. The van der Waals surface area contributed by atoms with Gasteiger partial charge in [-0.1, -0.05) is 12.1 Å². The Morgan fingerprint density at radius 1 is 1.18 bits per heavy atom. The lowest BCUT2D eigenvalue weighted by atomic mass is 9.98. The number of aromatic amines is 1. The molecule has 1 atom stereocenters. The van der Waals surface area contributed by atoms with Gasteiger partial charge in [0.1, 0.15) is 17.8 Å². The van der Waals surface area contributed by atoms with Crippen molar-refractivity contribution in [2.24, 2.45) is 0 Å². The lowest BCUT2D eigenvalue weighted by molar-refractivity contribution is -0.385. The molecule has 1 aliphatic heterocycles. The van der Waals surface area contributed by atoms with Crippen LogP contribution in [0.25, 0.3) is 10.9 Å². The van der Waals surface area contributed by atoms with Crippen LogP contribution >= 0.6 is 0 Å². The van der Waals surface area contributed by atoms with E-state index in [-0.39, 0.29) is 30.1 Å². The van der Waals surface area contributed by atoms with Gasteiger partial charge in [-0.2, -0.15) is 9.98 Å². The van der Waals surface area contributed by atoms with Gasteiger partial charge in [0.2, 0.25) is 15.9 Å². The van der Waals surface area contributed by atoms with Gasteiger partial charge in [-0.3, -0.25) is 14.9 Å². The summed E-state index contributed by atoms with van der Waals surface area (Å²) >= 11 is 0. The van der Waals surface area contributed by atoms with Crippen molar-refractivity contribution in [3.63, 3.8) is 0 Å². The number of aryl methyl sites for hydroxylation is 1. The number of aromatic nitrogens is 2. The number of benzene rings is 2. The predicted molar refractivity (Wildman–Crippen MR) is 138 cm³/mol. The molecule has 2 N–H and O–H groups in total. The molecule has 0 saturated heterocycles. The van der Waals surface area contributed by atoms with E-state index in [1.807, 2.05) is 0 Å². The molecule has 0 spiro atoms. The number of amides is 1. The molecule has 3 heterocycles. The molecular weight excluding hydrogens is 508 g/mol. The predicted octanol–water partition coefficient (Wildman–Crippen LogP) is 3.07. The molecule has 1 amide bonds. The van der Waals surface area contributed by atoms with Crippen LogP contribution in [-0.2, 0) is 34.3 Å². The summed E-state index contributed by atoms with van der Waals surface area (Å²) in [6.45, 7) is 0.718. The molecule has 0 bridgehead atoms. The molecular formula is C26H24N6O5S. The third-order valence-electron chi connectivity index (χ3n) is 6.77. The van der Waals surface area contributed by atoms with Crippen LogP contribution in [0.15, 0.2) is 71.9 Å². The molecule has 12 heteroatoms. The average Bonchev–Trinajstić information content (AvgIpc) is 3.59. The van der Waals surface area contributed by atoms with E-state index in [0.717, 1.165) is 5.56 Å². The van der Waals surface area contributed by atoms with Crippen LogP contribution in [0.3, 0.4) is 0 Å². The van der Waals surface area contributed by atoms with Crippen molar-refractivity contribution in [3.05, 3.63) is 93.9 Å². The molecule has 38 heavy (non-hydrogen) atoms. The van der Waals surface area contributed by atoms with E-state index >= 15 is 0 Å². The Hall–Kier alpha value is -4.47. The van der Waals surface area contributed by atoms with Gasteiger partial charge in [0.15, 0.2) is 0 Å². The first-order valence-electron chi connectivity index (χ1n) is 12.0. The minimum absolute atomic E-state index is 0.0485. The monoisotopic (exact) mass is 532 g/mol. The van der Waals surface area contributed by atoms with Gasteiger partial charge >= 0.3 is 0 Å². The highest BCUT2D eigenvalue weighted by Crippen LogP contribution is 2.26. The summed E-state index contributed by atoms with van der Waals surface area (Å²) in [6.07, 6.45) is 3.94. The maximum atomic E-state index is 13.7. The van der Waals surface area contributed by atoms with Crippen LogP contribution in [0.2, 0.25) is 0 Å². The maximum Gasteiger partial charge on any atom is 0.269 e. The van der Waals surface area contributed by atoms with Crippen molar-refractivity contribution in [3.8, 4) is 6.07 Å². The second-order valence-electron chi connectivity index (χ2n) is 9.08. The minimum Gasteiger partial charge on any atom is -0.361 e. The third-order valence-corrected chi connectivity index (χ3v) is 8.30. The van der Waals surface area contributed by atoms with Gasteiger partial charge in [-0.05, 0) is 54.3 Å². The highest BCUT2D eigenvalue weighted by Gasteiger charge is 2.32. The number of carbonyl (C=O) groups excluding carboxylic acids is 1. The smallest absolute Gasteiger partial charge is 0.269 e. The van der Waals surface area contributed by atoms with E-state index in [2.05, 4.69) is 15.8 Å². The van der Waals surface area contributed by atoms with Gasteiger partial charge in [-0.25, -0.2) is 8.42 Å². The minimum atomic E-state index is -4.11. The van der Waals surface area contributed by atoms with Crippen LogP contribution in [0.1, 0.15) is 23.2 Å². The van der Waals surface area contributed by atoms with Crippen LogP contribution in [-0.4, -0.2) is 46.3 Å². The van der Waals surface area contributed by atoms with Crippen molar-refractivity contribution in [1.82, 2.24) is 19.2 Å². The van der Waals surface area contributed by atoms with Crippen molar-refractivity contribution < 1.29 is 18.1 Å². The van der Waals surface area contributed by atoms with Crippen molar-refractivity contribution in [2.75, 3.05) is 6.54 Å². The largest absolute Gasteiger partial charge is 0.361 e. The third kappa shape index (κ3) is 4.89. The lowest BCUT2D eigenvalue weighted by Crippen LogP contribution is -2.50. The SMILES string of the molecule is N#Cc1cccn1CCC(NS(=O)(=O)c1cccc2[nH]ccc12)C(=O)N1CCc2ccc([N+](=O)[O-])cc2C1. The average molecular weight is 533 g/mol. The number of carbonyl (C=O) groups is 1. The van der Waals surface area contributed by atoms with E-state index < -0.39 is 26.9 Å². The Labute approximate surface area is 218 Å². The van der Waals surface area contributed by atoms with Crippen LogP contribution < -0.4 is 4.72 Å². The molecule has 2 aromatic carbocycles. The number of hydrogen-bond acceptors (Lipinski definition) is 6. The van der Waals surface area contributed by atoms with Crippen molar-refractivity contribution >= 4 is 32.5 Å². The zero-order chi connectivity index (χ0) is 26.9. The summed E-state index contributed by atoms with van der Waals surface area (Å²) in [7, 11) is -4.11. The fraction of sp³-hybridized carbons (Fsp3) is 0.231. The highest BCUT2D eigenvalue weighted by molar-refractivity contribution is 7.89. The number of nitrogens with zero attached hydrogens (tertiary/aromatic N) is 4.